The van der Waals surface area contributed by atoms with Gasteiger partial charge in [0.1, 0.15) is 0 Å². The molecule has 0 radical (unpaired) electrons. The van der Waals surface area contributed by atoms with Crippen molar-refractivity contribution >= 4 is 23.2 Å². The lowest BCUT2D eigenvalue weighted by molar-refractivity contribution is -0.140. The van der Waals surface area contributed by atoms with E-state index in [9.17, 15) is 9.59 Å². The van der Waals surface area contributed by atoms with E-state index in [-0.39, 0.29) is 11.8 Å². The maximum Gasteiger partial charge on any atom is 0.307 e. The van der Waals surface area contributed by atoms with Gasteiger partial charge in [-0.05, 0) is 12.3 Å². The van der Waals surface area contributed by atoms with Gasteiger partial charge in [0.15, 0.2) is 0 Å². The summed E-state index contributed by atoms with van der Waals surface area (Å²) in [5.74, 6) is -1.91. The van der Waals surface area contributed by atoms with Crippen molar-refractivity contribution in [1.82, 2.24) is 10.3 Å². The molecule has 6 heteroatoms. The van der Waals surface area contributed by atoms with Gasteiger partial charge in [-0.2, -0.15) is 0 Å². The van der Waals surface area contributed by atoms with Crippen molar-refractivity contribution in [2.45, 2.75) is 33.6 Å². The number of hydrogen-bond donors (Lipinski definition) is 2. The van der Waals surface area contributed by atoms with Gasteiger partial charge in [0.25, 0.3) is 0 Å². The molecule has 0 aromatic carbocycles. The maximum absolute atomic E-state index is 12.1. The number of nitrogens with zero attached hydrogens (tertiary/aromatic N) is 1. The third kappa shape index (κ3) is 2.70. The molecule has 110 valence electrons. The number of amides is 1. The molecule has 1 saturated carbocycles. The van der Waals surface area contributed by atoms with E-state index in [0.29, 0.717) is 6.54 Å². The standard InChI is InChI=1S/C14H20N2O3S/c1-7(12-16-6-8(2)20-12)5-15-11(17)9-10(13(18)19)14(9,3)4/h6-7,9-10H,5H2,1-4H3,(H,15,17)(H,18,19)/t7?,9-,10+/m0/s1. The molecule has 1 amide bonds. The first-order valence-corrected chi connectivity index (χ1v) is 7.49. The molecular formula is C14H20N2O3S. The molecule has 0 aliphatic heterocycles. The average molecular weight is 296 g/mol. The number of carboxylic acids is 1. The number of thiazole rings is 1. The third-order valence-electron chi connectivity index (χ3n) is 4.02. The van der Waals surface area contributed by atoms with Crippen LogP contribution in [0.4, 0.5) is 0 Å². The molecule has 1 aromatic heterocycles. The number of nitrogens with one attached hydrogen (secondary N) is 1. The van der Waals surface area contributed by atoms with Crippen LogP contribution in [0.25, 0.3) is 0 Å². The summed E-state index contributed by atoms with van der Waals surface area (Å²) < 4.78 is 0. The quantitative estimate of drug-likeness (QED) is 0.871. The molecule has 2 N–H and O–H groups in total. The van der Waals surface area contributed by atoms with Gasteiger partial charge in [0, 0.05) is 23.5 Å². The summed E-state index contributed by atoms with van der Waals surface area (Å²) in [7, 11) is 0. The number of hydrogen-bond acceptors (Lipinski definition) is 4. The Kier molecular flexibility index (Phi) is 3.86. The Morgan fingerprint density at radius 1 is 1.50 bits per heavy atom. The summed E-state index contributed by atoms with van der Waals surface area (Å²) in [6, 6.07) is 0. The number of aliphatic carboxylic acids is 1. The lowest BCUT2D eigenvalue weighted by atomic mass is 10.1. The van der Waals surface area contributed by atoms with Crippen molar-refractivity contribution in [3.8, 4) is 0 Å². The summed E-state index contributed by atoms with van der Waals surface area (Å²) >= 11 is 1.62. The Hall–Kier alpha value is -1.43. The van der Waals surface area contributed by atoms with Crippen LogP contribution in [-0.4, -0.2) is 28.5 Å². The van der Waals surface area contributed by atoms with Gasteiger partial charge < -0.3 is 10.4 Å². The average Bonchev–Trinajstić information content (AvgIpc) is 2.69. The monoisotopic (exact) mass is 296 g/mol. The topological polar surface area (TPSA) is 79.3 Å². The summed E-state index contributed by atoms with van der Waals surface area (Å²) in [4.78, 5) is 28.6. The number of carbonyl (C=O) groups excluding carboxylic acids is 1. The largest absolute Gasteiger partial charge is 0.481 e. The number of rotatable bonds is 5. The van der Waals surface area contributed by atoms with E-state index < -0.39 is 23.2 Å². The third-order valence-corrected chi connectivity index (χ3v) is 5.16. The Bertz CT molecular complexity index is 538. The van der Waals surface area contributed by atoms with Crippen LogP contribution in [0.5, 0.6) is 0 Å². The molecule has 2 rings (SSSR count). The molecule has 1 unspecified atom stereocenters. The first-order chi connectivity index (χ1) is 9.25. The number of carboxylic acid groups (broad SMARTS) is 1. The molecule has 1 aromatic rings. The summed E-state index contributed by atoms with van der Waals surface area (Å²) in [5, 5.41) is 12.9. The number of aromatic nitrogens is 1. The van der Waals surface area contributed by atoms with E-state index in [1.165, 1.54) is 0 Å². The molecule has 0 bridgehead atoms. The zero-order chi connectivity index (χ0) is 15.1. The fourth-order valence-corrected chi connectivity index (χ4v) is 3.46. The Balaban J connectivity index is 1.89. The molecule has 0 spiro atoms. The van der Waals surface area contributed by atoms with Crippen molar-refractivity contribution in [2.24, 2.45) is 17.3 Å². The molecule has 3 atom stereocenters. The van der Waals surface area contributed by atoms with Crippen molar-refractivity contribution in [1.29, 1.82) is 0 Å². The molecule has 1 aliphatic rings. The number of aryl methyl sites for hydroxylation is 1. The first kappa shape index (κ1) is 15.0. The summed E-state index contributed by atoms with van der Waals surface area (Å²) in [6.45, 7) is 8.14. The van der Waals surface area contributed by atoms with Crippen molar-refractivity contribution in [3.05, 3.63) is 16.1 Å². The maximum atomic E-state index is 12.1. The van der Waals surface area contributed by atoms with Gasteiger partial charge in [-0.15, -0.1) is 11.3 Å². The molecular weight excluding hydrogens is 276 g/mol. The van der Waals surface area contributed by atoms with Crippen LogP contribution in [0.1, 0.15) is 36.6 Å². The predicted molar refractivity (Wildman–Crippen MR) is 76.7 cm³/mol. The Morgan fingerprint density at radius 3 is 2.60 bits per heavy atom. The van der Waals surface area contributed by atoms with E-state index in [0.717, 1.165) is 9.88 Å². The zero-order valence-corrected chi connectivity index (χ0v) is 13.0. The van der Waals surface area contributed by atoms with Crippen molar-refractivity contribution in [2.75, 3.05) is 6.54 Å². The van der Waals surface area contributed by atoms with E-state index in [1.807, 2.05) is 33.9 Å². The summed E-state index contributed by atoms with van der Waals surface area (Å²) in [5.41, 5.74) is -0.447. The van der Waals surface area contributed by atoms with Crippen molar-refractivity contribution in [3.63, 3.8) is 0 Å². The van der Waals surface area contributed by atoms with Crippen LogP contribution < -0.4 is 5.32 Å². The zero-order valence-electron chi connectivity index (χ0n) is 12.1. The fourth-order valence-electron chi connectivity index (χ4n) is 2.64. The molecule has 1 fully saturated rings. The normalized spacial score (nSPS) is 25.0. The minimum Gasteiger partial charge on any atom is -0.481 e. The lowest BCUT2D eigenvalue weighted by Crippen LogP contribution is -2.30. The van der Waals surface area contributed by atoms with Gasteiger partial charge in [0.05, 0.1) is 16.8 Å². The SMILES string of the molecule is Cc1cnc(C(C)CNC(=O)[C@@H]2[C@H](C(=O)O)C2(C)C)s1. The van der Waals surface area contributed by atoms with Crippen LogP contribution in [0.3, 0.4) is 0 Å². The smallest absolute Gasteiger partial charge is 0.307 e. The van der Waals surface area contributed by atoms with Crippen LogP contribution in [0.2, 0.25) is 0 Å². The van der Waals surface area contributed by atoms with E-state index in [4.69, 9.17) is 5.11 Å². The van der Waals surface area contributed by atoms with Crippen LogP contribution in [-0.2, 0) is 9.59 Å². The minimum absolute atomic E-state index is 0.141. The molecule has 5 nitrogen and oxygen atoms in total. The van der Waals surface area contributed by atoms with Crippen molar-refractivity contribution < 1.29 is 14.7 Å². The van der Waals surface area contributed by atoms with Crippen LogP contribution >= 0.6 is 11.3 Å². The molecule has 20 heavy (non-hydrogen) atoms. The second kappa shape index (κ2) is 5.16. The fraction of sp³-hybridized carbons (Fsp3) is 0.643. The molecule has 0 saturated heterocycles. The van der Waals surface area contributed by atoms with Gasteiger partial charge >= 0.3 is 5.97 Å². The van der Waals surface area contributed by atoms with E-state index in [2.05, 4.69) is 10.3 Å². The Labute approximate surface area is 122 Å². The van der Waals surface area contributed by atoms with E-state index in [1.54, 1.807) is 11.3 Å². The van der Waals surface area contributed by atoms with E-state index >= 15 is 0 Å². The second-order valence-electron chi connectivity index (χ2n) is 6.07. The summed E-state index contributed by atoms with van der Waals surface area (Å²) in [6.07, 6.45) is 1.82. The predicted octanol–water partition coefficient (Wildman–Crippen LogP) is 2.03. The van der Waals surface area contributed by atoms with Gasteiger partial charge in [0.2, 0.25) is 5.91 Å². The second-order valence-corrected chi connectivity index (χ2v) is 7.34. The van der Waals surface area contributed by atoms with Crippen LogP contribution in [0.15, 0.2) is 6.20 Å². The highest BCUT2D eigenvalue weighted by molar-refractivity contribution is 7.11. The van der Waals surface area contributed by atoms with Gasteiger partial charge in [-0.1, -0.05) is 20.8 Å². The van der Waals surface area contributed by atoms with Gasteiger partial charge in [-0.3, -0.25) is 9.59 Å². The lowest BCUT2D eigenvalue weighted by Gasteiger charge is -2.10. The highest BCUT2D eigenvalue weighted by Gasteiger charge is 2.65. The molecule has 1 heterocycles. The highest BCUT2D eigenvalue weighted by Crippen LogP contribution is 2.58. The molecule has 1 aliphatic carbocycles. The highest BCUT2D eigenvalue weighted by atomic mass is 32.1. The van der Waals surface area contributed by atoms with Gasteiger partial charge in [-0.25, -0.2) is 4.98 Å². The number of carbonyl (C=O) groups is 2. The van der Waals surface area contributed by atoms with Crippen LogP contribution in [0, 0.1) is 24.2 Å². The Morgan fingerprint density at radius 2 is 2.15 bits per heavy atom. The first-order valence-electron chi connectivity index (χ1n) is 6.68. The minimum atomic E-state index is -0.890.